The minimum Gasteiger partial charge on any atom is -0.384 e. The molecule has 0 saturated carbocycles. The standard InChI is InChI=1S/C44H90N2O2/c1-5-8-11-14-15-16-17-18-19-20-21-22-26-31-39-46(41-33-38-45-44(47)37-42-48-4)40-32-27-23-25-30-36-43(34-28-13-10-7-3)35-29-24-12-9-6-2/h43H,5-42H2,1-4H3,(H,45,47). The minimum absolute atomic E-state index is 0.120. The summed E-state index contributed by atoms with van der Waals surface area (Å²) in [5, 5.41) is 3.09. The van der Waals surface area contributed by atoms with Crippen molar-refractivity contribution in [2.45, 2.75) is 233 Å². The molecule has 0 aromatic rings. The average Bonchev–Trinajstić information content (AvgIpc) is 3.09. The van der Waals surface area contributed by atoms with Crippen LogP contribution in [0.2, 0.25) is 0 Å². The zero-order chi connectivity index (χ0) is 35.0. The van der Waals surface area contributed by atoms with E-state index in [1.807, 2.05) is 0 Å². The maximum absolute atomic E-state index is 12.0. The van der Waals surface area contributed by atoms with E-state index in [-0.39, 0.29) is 5.91 Å². The number of hydrogen-bond acceptors (Lipinski definition) is 3. The summed E-state index contributed by atoms with van der Waals surface area (Å²) < 4.78 is 5.05. The molecular formula is C44H90N2O2. The quantitative estimate of drug-likeness (QED) is 0.0654. The van der Waals surface area contributed by atoms with Crippen LogP contribution in [0.3, 0.4) is 0 Å². The van der Waals surface area contributed by atoms with Gasteiger partial charge in [-0.2, -0.15) is 0 Å². The number of nitrogens with zero attached hydrogens (tertiary/aromatic N) is 1. The molecule has 0 bridgehead atoms. The molecule has 0 aliphatic heterocycles. The van der Waals surface area contributed by atoms with E-state index in [1.165, 1.54) is 212 Å². The number of amides is 1. The van der Waals surface area contributed by atoms with E-state index < -0.39 is 0 Å². The van der Waals surface area contributed by atoms with Gasteiger partial charge in [0.25, 0.3) is 0 Å². The second kappa shape index (κ2) is 40.8. The number of unbranched alkanes of at least 4 members (excludes halogenated alkanes) is 24. The molecule has 0 heterocycles. The van der Waals surface area contributed by atoms with Crippen LogP contribution in [0.15, 0.2) is 0 Å². The zero-order valence-electron chi connectivity index (χ0n) is 33.7. The summed E-state index contributed by atoms with van der Waals surface area (Å²) in [6.07, 6.45) is 45.6. The van der Waals surface area contributed by atoms with Crippen LogP contribution in [0.25, 0.3) is 0 Å². The summed E-state index contributed by atoms with van der Waals surface area (Å²) in [7, 11) is 1.66. The van der Waals surface area contributed by atoms with Gasteiger partial charge in [-0.1, -0.05) is 207 Å². The van der Waals surface area contributed by atoms with E-state index in [1.54, 1.807) is 7.11 Å². The Bertz CT molecular complexity index is 613. The van der Waals surface area contributed by atoms with Crippen molar-refractivity contribution in [3.63, 3.8) is 0 Å². The number of methoxy groups -OCH3 is 1. The number of hydrogen-bond donors (Lipinski definition) is 1. The summed E-state index contributed by atoms with van der Waals surface area (Å²) in [6, 6.07) is 0. The monoisotopic (exact) mass is 679 g/mol. The number of rotatable bonds is 41. The predicted octanol–water partition coefficient (Wildman–Crippen LogP) is 13.6. The topological polar surface area (TPSA) is 41.6 Å². The van der Waals surface area contributed by atoms with E-state index in [0.29, 0.717) is 13.0 Å². The Kier molecular flexibility index (Phi) is 40.3. The first-order chi connectivity index (χ1) is 23.7. The molecular weight excluding hydrogens is 588 g/mol. The fraction of sp³-hybridized carbons (Fsp3) is 0.977. The molecule has 48 heavy (non-hydrogen) atoms. The van der Waals surface area contributed by atoms with Gasteiger partial charge in [0.1, 0.15) is 0 Å². The first-order valence-electron chi connectivity index (χ1n) is 22.2. The number of carbonyl (C=O) groups excluding carboxylic acids is 1. The van der Waals surface area contributed by atoms with Gasteiger partial charge in [0.2, 0.25) is 5.91 Å². The second-order valence-corrected chi connectivity index (χ2v) is 15.4. The second-order valence-electron chi connectivity index (χ2n) is 15.4. The molecule has 288 valence electrons. The maximum Gasteiger partial charge on any atom is 0.222 e. The highest BCUT2D eigenvalue weighted by atomic mass is 16.5. The van der Waals surface area contributed by atoms with Gasteiger partial charge in [0.05, 0.1) is 6.61 Å². The molecule has 1 amide bonds. The molecule has 0 radical (unpaired) electrons. The third-order valence-electron chi connectivity index (χ3n) is 10.6. The fourth-order valence-electron chi connectivity index (χ4n) is 7.31. The maximum atomic E-state index is 12.0. The van der Waals surface area contributed by atoms with E-state index in [9.17, 15) is 4.79 Å². The van der Waals surface area contributed by atoms with Crippen molar-refractivity contribution in [3.8, 4) is 0 Å². The molecule has 0 aliphatic carbocycles. The van der Waals surface area contributed by atoms with Crippen LogP contribution in [0.5, 0.6) is 0 Å². The van der Waals surface area contributed by atoms with Crippen molar-refractivity contribution < 1.29 is 9.53 Å². The van der Waals surface area contributed by atoms with Gasteiger partial charge in [0.15, 0.2) is 0 Å². The van der Waals surface area contributed by atoms with Gasteiger partial charge < -0.3 is 15.0 Å². The SMILES string of the molecule is CCCCCCCCCCCCCCCCN(CCCCCCCC(CCCCCC)CCCCCCC)CCCNC(=O)CCOC. The van der Waals surface area contributed by atoms with Crippen molar-refractivity contribution in [2.75, 3.05) is 39.9 Å². The van der Waals surface area contributed by atoms with Crippen molar-refractivity contribution in [1.29, 1.82) is 0 Å². The lowest BCUT2D eigenvalue weighted by molar-refractivity contribution is -0.121. The predicted molar refractivity (Wildman–Crippen MR) is 214 cm³/mol. The summed E-state index contributed by atoms with van der Waals surface area (Å²) in [5.74, 6) is 1.11. The Morgan fingerprint density at radius 1 is 0.479 bits per heavy atom. The summed E-state index contributed by atoms with van der Waals surface area (Å²) in [5.41, 5.74) is 0. The summed E-state index contributed by atoms with van der Waals surface area (Å²) >= 11 is 0. The molecule has 0 spiro atoms. The van der Waals surface area contributed by atoms with Crippen LogP contribution in [-0.2, 0) is 9.53 Å². The molecule has 0 aliphatic rings. The van der Waals surface area contributed by atoms with Gasteiger partial charge in [-0.05, 0) is 44.8 Å². The van der Waals surface area contributed by atoms with Crippen molar-refractivity contribution in [2.24, 2.45) is 5.92 Å². The van der Waals surface area contributed by atoms with Crippen molar-refractivity contribution in [1.82, 2.24) is 10.2 Å². The molecule has 1 atom stereocenters. The highest BCUT2D eigenvalue weighted by Crippen LogP contribution is 2.24. The Morgan fingerprint density at radius 2 is 0.812 bits per heavy atom. The third kappa shape index (κ3) is 36.7. The highest BCUT2D eigenvalue weighted by Gasteiger charge is 2.10. The molecule has 0 aromatic heterocycles. The molecule has 0 aromatic carbocycles. The van der Waals surface area contributed by atoms with E-state index >= 15 is 0 Å². The van der Waals surface area contributed by atoms with Crippen LogP contribution in [0.4, 0.5) is 0 Å². The van der Waals surface area contributed by atoms with Gasteiger partial charge in [-0.25, -0.2) is 0 Å². The van der Waals surface area contributed by atoms with E-state index in [0.717, 1.165) is 25.4 Å². The minimum atomic E-state index is 0.120. The Morgan fingerprint density at radius 3 is 1.21 bits per heavy atom. The van der Waals surface area contributed by atoms with Gasteiger partial charge >= 0.3 is 0 Å². The molecule has 0 fully saturated rings. The highest BCUT2D eigenvalue weighted by molar-refractivity contribution is 5.75. The van der Waals surface area contributed by atoms with Crippen LogP contribution in [-0.4, -0.2) is 50.7 Å². The van der Waals surface area contributed by atoms with Gasteiger partial charge in [-0.3, -0.25) is 4.79 Å². The van der Waals surface area contributed by atoms with Crippen molar-refractivity contribution in [3.05, 3.63) is 0 Å². The first kappa shape index (κ1) is 47.4. The number of ether oxygens (including phenoxy) is 1. The fourth-order valence-corrected chi connectivity index (χ4v) is 7.31. The lowest BCUT2D eigenvalue weighted by Crippen LogP contribution is -2.31. The molecule has 4 nitrogen and oxygen atoms in total. The Balaban J connectivity index is 4.23. The van der Waals surface area contributed by atoms with Gasteiger partial charge in [-0.15, -0.1) is 0 Å². The van der Waals surface area contributed by atoms with Crippen LogP contribution < -0.4 is 5.32 Å². The van der Waals surface area contributed by atoms with Crippen LogP contribution >= 0.6 is 0 Å². The molecule has 0 rings (SSSR count). The molecule has 1 unspecified atom stereocenters. The normalized spacial score (nSPS) is 12.3. The van der Waals surface area contributed by atoms with Crippen molar-refractivity contribution >= 4 is 5.91 Å². The number of nitrogens with one attached hydrogen (secondary N) is 1. The Hall–Kier alpha value is -0.610. The largest absolute Gasteiger partial charge is 0.384 e. The molecule has 0 saturated heterocycles. The number of carbonyl (C=O) groups is 1. The smallest absolute Gasteiger partial charge is 0.222 e. The summed E-state index contributed by atoms with van der Waals surface area (Å²) in [6.45, 7) is 11.8. The Labute approximate surface area is 303 Å². The molecule has 4 heteroatoms. The van der Waals surface area contributed by atoms with Crippen LogP contribution in [0, 0.1) is 5.92 Å². The average molecular weight is 679 g/mol. The van der Waals surface area contributed by atoms with E-state index in [4.69, 9.17) is 4.74 Å². The zero-order valence-corrected chi connectivity index (χ0v) is 33.7. The lowest BCUT2D eigenvalue weighted by Gasteiger charge is -2.22. The summed E-state index contributed by atoms with van der Waals surface area (Å²) in [4.78, 5) is 14.7. The third-order valence-corrected chi connectivity index (χ3v) is 10.6. The first-order valence-corrected chi connectivity index (χ1v) is 22.2. The van der Waals surface area contributed by atoms with E-state index in [2.05, 4.69) is 31.0 Å². The van der Waals surface area contributed by atoms with Crippen LogP contribution in [0.1, 0.15) is 233 Å². The van der Waals surface area contributed by atoms with Gasteiger partial charge in [0, 0.05) is 20.1 Å². The lowest BCUT2D eigenvalue weighted by atomic mass is 9.89. The molecule has 1 N–H and O–H groups in total.